The Labute approximate surface area is 148 Å². The number of aryl methyl sites for hydroxylation is 1. The Morgan fingerprint density at radius 3 is 2.88 bits per heavy atom. The molecule has 0 radical (unpaired) electrons. The van der Waals surface area contributed by atoms with Gasteiger partial charge in [-0.15, -0.1) is 11.3 Å². The number of thioether (sulfide) groups is 1. The van der Waals surface area contributed by atoms with E-state index >= 15 is 0 Å². The molecule has 0 saturated carbocycles. The summed E-state index contributed by atoms with van der Waals surface area (Å²) in [5.74, 6) is 0.566. The first-order chi connectivity index (χ1) is 11.5. The molecule has 128 valence electrons. The first-order valence-electron chi connectivity index (χ1n) is 7.18. The first-order valence-corrected chi connectivity index (χ1v) is 8.98. The number of ether oxygens (including phenoxy) is 2. The minimum atomic E-state index is -0.393. The summed E-state index contributed by atoms with van der Waals surface area (Å²) >= 11 is 3.03. The number of carbonyl (C=O) groups is 2. The van der Waals surface area contributed by atoms with Crippen molar-refractivity contribution in [3.63, 3.8) is 0 Å². The van der Waals surface area contributed by atoms with Gasteiger partial charge in [-0.05, 0) is 25.1 Å². The quantitative estimate of drug-likeness (QED) is 0.438. The number of hydrogen-bond acceptors (Lipinski definition) is 7. The molecule has 0 aliphatic carbocycles. The van der Waals surface area contributed by atoms with Crippen LogP contribution in [0.1, 0.15) is 20.9 Å². The molecule has 2 N–H and O–H groups in total. The van der Waals surface area contributed by atoms with Crippen LogP contribution in [0, 0.1) is 6.92 Å². The summed E-state index contributed by atoms with van der Waals surface area (Å²) in [5, 5.41) is 0. The molecule has 0 unspecified atom stereocenters. The van der Waals surface area contributed by atoms with Crippen LogP contribution < -0.4 is 10.5 Å². The molecular formula is C16H18N2O4S2. The highest BCUT2D eigenvalue weighted by Crippen LogP contribution is 2.27. The number of rotatable bonds is 8. The second-order valence-electron chi connectivity index (χ2n) is 4.85. The summed E-state index contributed by atoms with van der Waals surface area (Å²) in [6.07, 6.45) is 0.223. The molecule has 1 amide bonds. The lowest BCUT2D eigenvalue weighted by Crippen LogP contribution is -2.13. The predicted molar refractivity (Wildman–Crippen MR) is 93.7 cm³/mol. The number of hydrogen-bond donors (Lipinski definition) is 1. The number of thiazole rings is 1. The molecule has 0 fully saturated rings. The third-order valence-corrected chi connectivity index (χ3v) is 5.31. The molecule has 0 aliphatic rings. The van der Waals surface area contributed by atoms with Crippen LogP contribution in [0.4, 0.5) is 0 Å². The van der Waals surface area contributed by atoms with Gasteiger partial charge in [0.1, 0.15) is 5.75 Å². The van der Waals surface area contributed by atoms with E-state index in [1.165, 1.54) is 18.4 Å². The van der Waals surface area contributed by atoms with Crippen LogP contribution in [0.15, 0.2) is 28.6 Å². The summed E-state index contributed by atoms with van der Waals surface area (Å²) in [6, 6.07) is 6.85. The van der Waals surface area contributed by atoms with Crippen molar-refractivity contribution in [2.24, 2.45) is 5.73 Å². The lowest BCUT2D eigenvalue weighted by molar-refractivity contribution is -0.117. The van der Waals surface area contributed by atoms with Gasteiger partial charge in [0.25, 0.3) is 0 Å². The molecule has 2 rings (SSSR count). The normalized spacial score (nSPS) is 10.4. The van der Waals surface area contributed by atoms with Crippen LogP contribution in [-0.2, 0) is 16.0 Å². The minimum Gasteiger partial charge on any atom is -0.493 e. The number of aromatic nitrogens is 1. The molecule has 1 heterocycles. The average Bonchev–Trinajstić information content (AvgIpc) is 2.90. The van der Waals surface area contributed by atoms with E-state index in [9.17, 15) is 9.59 Å². The van der Waals surface area contributed by atoms with Crippen LogP contribution in [0.25, 0.3) is 0 Å². The number of nitrogens with two attached hydrogens (primary N) is 1. The lowest BCUT2D eigenvalue weighted by atomic mass is 10.2. The fourth-order valence-corrected chi connectivity index (χ4v) is 4.04. The maximum absolute atomic E-state index is 11.5. The van der Waals surface area contributed by atoms with Crippen molar-refractivity contribution in [3.05, 3.63) is 40.4 Å². The van der Waals surface area contributed by atoms with E-state index < -0.39 is 5.97 Å². The number of primary amides is 1. The summed E-state index contributed by atoms with van der Waals surface area (Å²) in [4.78, 5) is 27.8. The van der Waals surface area contributed by atoms with Gasteiger partial charge in [-0.1, -0.05) is 17.8 Å². The van der Waals surface area contributed by atoms with Crippen LogP contribution in [0.3, 0.4) is 0 Å². The van der Waals surface area contributed by atoms with Gasteiger partial charge in [0, 0.05) is 10.6 Å². The van der Waals surface area contributed by atoms with Gasteiger partial charge in [-0.2, -0.15) is 0 Å². The standard InChI is InChI=1S/C16H18N2O4S2/c1-10-13(9-14(17)19)24-16(18-10)23-7-6-22-12-5-3-4-11(8-12)15(20)21-2/h3-5,8H,6-7,9H2,1-2H3,(H2,17,19). The largest absolute Gasteiger partial charge is 0.493 e. The third kappa shape index (κ3) is 5.24. The number of esters is 1. The zero-order valence-corrected chi connectivity index (χ0v) is 15.0. The fourth-order valence-electron chi connectivity index (χ4n) is 1.90. The van der Waals surface area contributed by atoms with Gasteiger partial charge in [-0.25, -0.2) is 9.78 Å². The van der Waals surface area contributed by atoms with Crippen LogP contribution >= 0.6 is 23.1 Å². The Bertz CT molecular complexity index is 731. The Balaban J connectivity index is 1.83. The summed E-state index contributed by atoms with van der Waals surface area (Å²) in [7, 11) is 1.34. The third-order valence-electron chi connectivity index (χ3n) is 3.04. The highest BCUT2D eigenvalue weighted by atomic mass is 32.2. The SMILES string of the molecule is COC(=O)c1cccc(OCCSc2nc(C)c(CC(N)=O)s2)c1. The topological polar surface area (TPSA) is 91.5 Å². The molecule has 1 aromatic heterocycles. The second-order valence-corrected chi connectivity index (χ2v) is 7.27. The minimum absolute atomic E-state index is 0.223. The van der Waals surface area contributed by atoms with Gasteiger partial charge in [-0.3, -0.25) is 4.79 Å². The van der Waals surface area contributed by atoms with Gasteiger partial charge in [0.05, 0.1) is 31.4 Å². The summed E-state index contributed by atoms with van der Waals surface area (Å²) < 4.78 is 11.2. The number of nitrogens with zero attached hydrogens (tertiary/aromatic N) is 1. The lowest BCUT2D eigenvalue weighted by Gasteiger charge is -2.06. The molecule has 8 heteroatoms. The Morgan fingerprint density at radius 2 is 2.17 bits per heavy atom. The number of benzene rings is 1. The van der Waals surface area contributed by atoms with Crippen molar-refractivity contribution in [3.8, 4) is 5.75 Å². The van der Waals surface area contributed by atoms with Crippen LogP contribution in [0.5, 0.6) is 5.75 Å². The highest BCUT2D eigenvalue weighted by Gasteiger charge is 2.10. The highest BCUT2D eigenvalue weighted by molar-refractivity contribution is 8.01. The maximum atomic E-state index is 11.5. The predicted octanol–water partition coefficient (Wildman–Crippen LogP) is 2.44. The average molecular weight is 366 g/mol. The van der Waals surface area contributed by atoms with Crippen molar-refractivity contribution in [2.75, 3.05) is 19.5 Å². The molecule has 24 heavy (non-hydrogen) atoms. The van der Waals surface area contributed by atoms with Crippen LogP contribution in [-0.4, -0.2) is 36.3 Å². The van der Waals surface area contributed by atoms with Gasteiger partial charge < -0.3 is 15.2 Å². The summed E-state index contributed by atoms with van der Waals surface area (Å²) in [5.41, 5.74) is 6.51. The zero-order chi connectivity index (χ0) is 17.5. The molecule has 1 aromatic carbocycles. The van der Waals surface area contributed by atoms with E-state index in [1.54, 1.807) is 36.0 Å². The van der Waals surface area contributed by atoms with E-state index in [4.69, 9.17) is 10.5 Å². The smallest absolute Gasteiger partial charge is 0.337 e. The Hall–Kier alpha value is -2.06. The molecule has 6 nitrogen and oxygen atoms in total. The molecular weight excluding hydrogens is 348 g/mol. The van der Waals surface area contributed by atoms with Gasteiger partial charge >= 0.3 is 5.97 Å². The van der Waals surface area contributed by atoms with Crippen molar-refractivity contribution in [1.29, 1.82) is 0 Å². The van der Waals surface area contributed by atoms with E-state index in [0.29, 0.717) is 23.7 Å². The molecule has 2 aromatic rings. The summed E-state index contributed by atoms with van der Waals surface area (Å²) in [6.45, 7) is 2.34. The maximum Gasteiger partial charge on any atom is 0.337 e. The second kappa shape index (κ2) is 8.70. The Morgan fingerprint density at radius 1 is 1.38 bits per heavy atom. The van der Waals surface area contributed by atoms with Crippen molar-refractivity contribution in [2.45, 2.75) is 17.7 Å². The molecule has 0 saturated heterocycles. The van der Waals surface area contributed by atoms with Gasteiger partial charge in [0.2, 0.25) is 5.91 Å². The van der Waals surface area contributed by atoms with E-state index in [-0.39, 0.29) is 12.3 Å². The van der Waals surface area contributed by atoms with E-state index in [2.05, 4.69) is 9.72 Å². The molecule has 0 spiro atoms. The number of amides is 1. The number of methoxy groups -OCH3 is 1. The molecule has 0 atom stereocenters. The monoisotopic (exact) mass is 366 g/mol. The van der Waals surface area contributed by atoms with Crippen molar-refractivity contribution >= 4 is 35.0 Å². The van der Waals surface area contributed by atoms with Crippen molar-refractivity contribution in [1.82, 2.24) is 4.98 Å². The van der Waals surface area contributed by atoms with E-state index in [0.717, 1.165) is 14.9 Å². The van der Waals surface area contributed by atoms with Gasteiger partial charge in [0.15, 0.2) is 4.34 Å². The van der Waals surface area contributed by atoms with E-state index in [1.807, 2.05) is 6.92 Å². The Kier molecular flexibility index (Phi) is 6.62. The number of carbonyl (C=O) groups excluding carboxylic acids is 2. The molecule has 0 bridgehead atoms. The zero-order valence-electron chi connectivity index (χ0n) is 13.4. The van der Waals surface area contributed by atoms with Crippen LogP contribution in [0.2, 0.25) is 0 Å². The first kappa shape index (κ1) is 18.3. The van der Waals surface area contributed by atoms with Crippen molar-refractivity contribution < 1.29 is 19.1 Å². The molecule has 0 aliphatic heterocycles. The fraction of sp³-hybridized carbons (Fsp3) is 0.312.